The normalized spacial score (nSPS) is 23.3. The molecule has 4 aromatic rings. The topological polar surface area (TPSA) is 66.4 Å². The number of pyridine rings is 1. The van der Waals surface area contributed by atoms with Crippen molar-refractivity contribution >= 4 is 27.5 Å². The Labute approximate surface area is 244 Å². The predicted octanol–water partition coefficient (Wildman–Crippen LogP) is 5.63. The van der Waals surface area contributed by atoms with E-state index in [-0.39, 0.29) is 28.6 Å². The molecule has 2 bridgehead atoms. The Balaban J connectivity index is 1.26. The van der Waals surface area contributed by atoms with Crippen LogP contribution in [-0.4, -0.2) is 70.3 Å². The minimum Gasteiger partial charge on any atom is -0.461 e. The maximum Gasteiger partial charge on any atom is 0.319 e. The number of benzene rings is 2. The van der Waals surface area contributed by atoms with Crippen molar-refractivity contribution in [2.24, 2.45) is 0 Å². The number of hydrogen-bond donors (Lipinski definition) is 1. The molecule has 0 aliphatic carbocycles. The van der Waals surface area contributed by atoms with Crippen molar-refractivity contribution in [1.82, 2.24) is 25.2 Å². The highest BCUT2D eigenvalue weighted by molar-refractivity contribution is 6.00. The fourth-order valence-electron chi connectivity index (χ4n) is 8.12. The Kier molecular flexibility index (Phi) is 6.30. The van der Waals surface area contributed by atoms with Crippen molar-refractivity contribution in [3.8, 4) is 17.3 Å². The first-order valence-electron chi connectivity index (χ1n) is 15.5. The van der Waals surface area contributed by atoms with E-state index in [2.05, 4.69) is 20.1 Å². The van der Waals surface area contributed by atoms with Crippen LogP contribution in [0.15, 0.2) is 36.5 Å². The first-order chi connectivity index (χ1) is 20.5. The molecule has 4 saturated heterocycles. The van der Waals surface area contributed by atoms with Gasteiger partial charge in [0.25, 0.3) is 0 Å². The van der Waals surface area contributed by atoms with Crippen molar-refractivity contribution in [1.29, 1.82) is 0 Å². The van der Waals surface area contributed by atoms with Crippen LogP contribution in [0.25, 0.3) is 32.9 Å². The second-order valence-electron chi connectivity index (χ2n) is 12.5. The lowest BCUT2D eigenvalue weighted by Crippen LogP contribution is -2.51. The summed E-state index contributed by atoms with van der Waals surface area (Å²) in [5, 5.41) is 5.79. The molecule has 0 saturated carbocycles. The van der Waals surface area contributed by atoms with Crippen LogP contribution in [0.4, 0.5) is 14.6 Å². The number of aromatic nitrogens is 3. The van der Waals surface area contributed by atoms with Crippen molar-refractivity contribution in [3.05, 3.63) is 53.7 Å². The Morgan fingerprint density at radius 1 is 1.02 bits per heavy atom. The van der Waals surface area contributed by atoms with Crippen LogP contribution in [0.3, 0.4) is 0 Å². The lowest BCUT2D eigenvalue weighted by molar-refractivity contribution is 0.108. The van der Waals surface area contributed by atoms with Gasteiger partial charge in [0.2, 0.25) is 0 Å². The third kappa shape index (κ3) is 4.15. The monoisotopic (exact) mass is 570 g/mol. The molecule has 0 amide bonds. The second-order valence-corrected chi connectivity index (χ2v) is 12.5. The van der Waals surface area contributed by atoms with Crippen LogP contribution in [0.1, 0.15) is 51.0 Å². The fourth-order valence-corrected chi connectivity index (χ4v) is 8.12. The summed E-state index contributed by atoms with van der Waals surface area (Å²) in [6.07, 6.45) is 8.99. The molecule has 7 nitrogen and oxygen atoms in total. The predicted molar refractivity (Wildman–Crippen MR) is 160 cm³/mol. The van der Waals surface area contributed by atoms with Gasteiger partial charge in [0.1, 0.15) is 29.5 Å². The molecule has 42 heavy (non-hydrogen) atoms. The number of fused-ring (bicyclic) bond motifs is 5. The molecule has 4 fully saturated rings. The average Bonchev–Trinajstić information content (AvgIpc) is 3.69. The van der Waals surface area contributed by atoms with E-state index in [1.807, 2.05) is 25.1 Å². The van der Waals surface area contributed by atoms with Gasteiger partial charge in [0.05, 0.1) is 10.9 Å². The smallest absolute Gasteiger partial charge is 0.319 e. The van der Waals surface area contributed by atoms with Crippen LogP contribution in [0.5, 0.6) is 6.01 Å². The number of nitrogens with one attached hydrogen (secondary N) is 1. The van der Waals surface area contributed by atoms with Crippen LogP contribution in [0, 0.1) is 11.6 Å². The van der Waals surface area contributed by atoms with Crippen molar-refractivity contribution < 1.29 is 13.5 Å². The zero-order valence-electron chi connectivity index (χ0n) is 24.0. The number of aryl methyl sites for hydroxylation is 1. The summed E-state index contributed by atoms with van der Waals surface area (Å²) in [6.45, 7) is 6.22. The lowest BCUT2D eigenvalue weighted by atomic mass is 9.95. The first kappa shape index (κ1) is 26.2. The van der Waals surface area contributed by atoms with E-state index in [9.17, 15) is 4.39 Å². The summed E-state index contributed by atoms with van der Waals surface area (Å²) in [5.41, 5.74) is 1.52. The summed E-state index contributed by atoms with van der Waals surface area (Å²) >= 11 is 0. The number of piperazine rings is 1. The zero-order valence-corrected chi connectivity index (χ0v) is 24.0. The fraction of sp³-hybridized carbons (Fsp3) is 0.485. The summed E-state index contributed by atoms with van der Waals surface area (Å²) in [5.74, 6) is -0.143. The molecule has 2 unspecified atom stereocenters. The number of anilines is 1. The third-order valence-electron chi connectivity index (χ3n) is 10.1. The highest BCUT2D eigenvalue weighted by Crippen LogP contribution is 2.40. The van der Waals surface area contributed by atoms with Gasteiger partial charge in [0, 0.05) is 36.9 Å². The Hall–Kier alpha value is -3.43. The van der Waals surface area contributed by atoms with Crippen molar-refractivity contribution in [3.63, 3.8) is 0 Å². The Morgan fingerprint density at radius 3 is 2.57 bits per heavy atom. The molecule has 4 aliphatic rings. The first-order valence-corrected chi connectivity index (χ1v) is 15.5. The Bertz CT molecular complexity index is 1670. The van der Waals surface area contributed by atoms with Crippen LogP contribution in [-0.2, 0) is 6.42 Å². The minimum absolute atomic E-state index is 0.0260. The van der Waals surface area contributed by atoms with Gasteiger partial charge < -0.3 is 15.0 Å². The van der Waals surface area contributed by atoms with E-state index in [0.29, 0.717) is 52.8 Å². The van der Waals surface area contributed by atoms with Crippen LogP contribution >= 0.6 is 0 Å². The number of ether oxygens (including phenoxy) is 1. The molecule has 1 N–H and O–H groups in total. The van der Waals surface area contributed by atoms with Gasteiger partial charge >= 0.3 is 6.01 Å². The third-order valence-corrected chi connectivity index (χ3v) is 10.1. The highest BCUT2D eigenvalue weighted by Gasteiger charge is 2.45. The van der Waals surface area contributed by atoms with Crippen LogP contribution < -0.4 is 15.0 Å². The Morgan fingerprint density at radius 2 is 1.81 bits per heavy atom. The molecule has 8 rings (SSSR count). The maximum atomic E-state index is 16.7. The summed E-state index contributed by atoms with van der Waals surface area (Å²) in [4.78, 5) is 19.1. The molecule has 2 atom stereocenters. The molecular weight excluding hydrogens is 534 g/mol. The summed E-state index contributed by atoms with van der Waals surface area (Å²) in [7, 11) is 0. The van der Waals surface area contributed by atoms with Gasteiger partial charge in [-0.05, 0) is 80.4 Å². The minimum atomic E-state index is -0.528. The van der Waals surface area contributed by atoms with Crippen LogP contribution in [0.2, 0.25) is 0 Å². The van der Waals surface area contributed by atoms with E-state index in [1.165, 1.54) is 18.9 Å². The van der Waals surface area contributed by atoms with Gasteiger partial charge in [-0.25, -0.2) is 8.78 Å². The van der Waals surface area contributed by atoms with Crippen molar-refractivity contribution in [2.45, 2.75) is 69.5 Å². The van der Waals surface area contributed by atoms with E-state index in [0.717, 1.165) is 57.2 Å². The van der Waals surface area contributed by atoms with Gasteiger partial charge in [-0.1, -0.05) is 31.2 Å². The molecule has 4 aliphatic heterocycles. The summed E-state index contributed by atoms with van der Waals surface area (Å²) in [6, 6.07) is 9.82. The molecule has 2 aromatic heterocycles. The van der Waals surface area contributed by atoms with E-state index in [4.69, 9.17) is 14.7 Å². The zero-order chi connectivity index (χ0) is 28.4. The van der Waals surface area contributed by atoms with Gasteiger partial charge in [-0.2, -0.15) is 9.97 Å². The standard InChI is InChI=1S/C33H36F2N6O/c1-2-23-26(34)11-8-20-6-3-7-24(27(20)23)29-28(35)30-25(16-36-29)31(40-17-21-9-10-22(18-40)37-21)39-32(38-30)42-19-33-12-4-14-41(33)15-5-13-33/h3,6-8,11,16,21-22,37H,2,4-5,9-10,12-15,17-19H2,1H3. The van der Waals surface area contributed by atoms with Crippen molar-refractivity contribution in [2.75, 3.05) is 37.7 Å². The number of nitrogens with zero attached hydrogens (tertiary/aromatic N) is 5. The maximum absolute atomic E-state index is 16.7. The molecule has 0 radical (unpaired) electrons. The molecule has 218 valence electrons. The summed E-state index contributed by atoms with van der Waals surface area (Å²) < 4.78 is 38.0. The molecular formula is C33H36F2N6O. The molecule has 2 aromatic carbocycles. The quantitative estimate of drug-likeness (QED) is 0.322. The van der Waals surface area contributed by atoms with E-state index < -0.39 is 5.82 Å². The van der Waals surface area contributed by atoms with E-state index >= 15 is 4.39 Å². The van der Waals surface area contributed by atoms with E-state index in [1.54, 1.807) is 12.3 Å². The number of rotatable bonds is 6. The average molecular weight is 571 g/mol. The second kappa shape index (κ2) is 10.1. The molecule has 9 heteroatoms. The molecule has 0 spiro atoms. The highest BCUT2D eigenvalue weighted by atomic mass is 19.1. The number of halogens is 2. The van der Waals surface area contributed by atoms with Gasteiger partial charge in [0.15, 0.2) is 5.82 Å². The van der Waals surface area contributed by atoms with Gasteiger partial charge in [-0.3, -0.25) is 9.88 Å². The largest absolute Gasteiger partial charge is 0.461 e. The lowest BCUT2D eigenvalue weighted by Gasteiger charge is -2.34. The van der Waals surface area contributed by atoms with Gasteiger partial charge in [-0.15, -0.1) is 0 Å². The molecule has 6 heterocycles. The SMILES string of the molecule is CCc1c(F)ccc2cccc(-c3ncc4c(N5CC6CCC(C5)N6)nc(OCC56CCCN5CCC6)nc4c3F)c12. The number of hydrogen-bond acceptors (Lipinski definition) is 7.